The van der Waals surface area contributed by atoms with Gasteiger partial charge in [-0.25, -0.2) is 4.79 Å². The number of rotatable bonds is 6. The number of H-pyrrole nitrogens is 2. The van der Waals surface area contributed by atoms with Crippen LogP contribution in [-0.4, -0.2) is 45.8 Å². The quantitative estimate of drug-likeness (QED) is 0.482. The number of hydrogen-bond donors (Lipinski definition) is 2. The van der Waals surface area contributed by atoms with Crippen LogP contribution in [0, 0.1) is 0 Å². The highest BCUT2D eigenvalue weighted by atomic mass is 16.6. The van der Waals surface area contributed by atoms with Crippen molar-refractivity contribution >= 4 is 27.9 Å². The summed E-state index contributed by atoms with van der Waals surface area (Å²) in [6.45, 7) is 5.01. The summed E-state index contributed by atoms with van der Waals surface area (Å²) in [4.78, 5) is 21.0. The zero-order valence-electron chi connectivity index (χ0n) is 17.1. The number of aromatic nitrogens is 2. The molecule has 0 spiro atoms. The van der Waals surface area contributed by atoms with Gasteiger partial charge in [0.25, 0.3) is 0 Å². The molecule has 2 N–H and O–H groups in total. The lowest BCUT2D eigenvalue weighted by atomic mass is 9.93. The Labute approximate surface area is 174 Å². The van der Waals surface area contributed by atoms with Crippen molar-refractivity contribution in [2.45, 2.75) is 31.9 Å². The molecule has 6 nitrogen and oxygen atoms in total. The summed E-state index contributed by atoms with van der Waals surface area (Å²) in [5.41, 5.74) is 2.95. The molecule has 1 aliphatic rings. The molecule has 154 valence electrons. The average Bonchev–Trinajstić information content (AvgIpc) is 3.45. The monoisotopic (exact) mass is 403 g/mol. The van der Waals surface area contributed by atoms with Crippen LogP contribution in [-0.2, 0) is 11.2 Å². The van der Waals surface area contributed by atoms with Crippen LogP contribution in [0.5, 0.6) is 5.75 Å². The number of benzene rings is 2. The third kappa shape index (κ3) is 3.28. The van der Waals surface area contributed by atoms with Gasteiger partial charge in [-0.15, -0.1) is 0 Å². The average molecular weight is 403 g/mol. The molecular formula is C24H25N3O3. The standard InChI is InChI=1S/C24H25N3O3/c1-24(2,12-16-13-26-20-7-4-3-6-18(16)20)27-14-17(30-23(27)28)15-29-22-9-5-8-21-19(22)10-11-25-21/h3-11,13,17,25-26H,12,14-15H2,1-2H3/t17-/m0/s1. The van der Waals surface area contributed by atoms with Crippen LogP contribution in [0.3, 0.4) is 0 Å². The number of fused-ring (bicyclic) bond motifs is 2. The van der Waals surface area contributed by atoms with Crippen LogP contribution in [0.1, 0.15) is 19.4 Å². The number of carbonyl (C=O) groups is 1. The van der Waals surface area contributed by atoms with Crippen LogP contribution < -0.4 is 4.74 Å². The van der Waals surface area contributed by atoms with Gasteiger partial charge in [0.1, 0.15) is 12.4 Å². The van der Waals surface area contributed by atoms with Crippen LogP contribution in [0.2, 0.25) is 0 Å². The van der Waals surface area contributed by atoms with Crippen LogP contribution >= 0.6 is 0 Å². The molecule has 1 fully saturated rings. The Morgan fingerprint density at radius 3 is 2.77 bits per heavy atom. The van der Waals surface area contributed by atoms with E-state index < -0.39 is 0 Å². The third-order valence-electron chi connectivity index (χ3n) is 5.88. The fourth-order valence-corrected chi connectivity index (χ4v) is 4.31. The molecule has 0 unspecified atom stereocenters. The van der Waals surface area contributed by atoms with Crippen molar-refractivity contribution < 1.29 is 14.3 Å². The summed E-state index contributed by atoms with van der Waals surface area (Å²) in [6, 6.07) is 16.1. The number of ether oxygens (including phenoxy) is 2. The van der Waals surface area contributed by atoms with Crippen molar-refractivity contribution in [3.8, 4) is 5.75 Å². The Hall–Kier alpha value is -3.41. The second-order valence-corrected chi connectivity index (χ2v) is 8.47. The highest BCUT2D eigenvalue weighted by Crippen LogP contribution is 2.30. The SMILES string of the molecule is CC(C)(Cc1c[nH]c2ccccc12)N1C[C@@H](COc2cccc3[nH]ccc23)OC1=O. The molecule has 1 atom stereocenters. The zero-order chi connectivity index (χ0) is 20.7. The molecule has 0 radical (unpaired) electrons. The van der Waals surface area contributed by atoms with E-state index in [1.807, 2.05) is 53.7 Å². The largest absolute Gasteiger partial charge is 0.489 e. The Morgan fingerprint density at radius 2 is 1.87 bits per heavy atom. The third-order valence-corrected chi connectivity index (χ3v) is 5.88. The van der Waals surface area contributed by atoms with Gasteiger partial charge < -0.3 is 19.4 Å². The van der Waals surface area contributed by atoms with Crippen LogP contribution in [0.15, 0.2) is 60.9 Å². The van der Waals surface area contributed by atoms with E-state index in [0.717, 1.165) is 28.6 Å². The van der Waals surface area contributed by atoms with E-state index in [2.05, 4.69) is 35.9 Å². The molecule has 30 heavy (non-hydrogen) atoms. The normalized spacial score (nSPS) is 17.1. The molecule has 1 aliphatic heterocycles. The fraction of sp³-hybridized carbons (Fsp3) is 0.292. The first kappa shape index (κ1) is 18.6. The van der Waals surface area contributed by atoms with E-state index >= 15 is 0 Å². The highest BCUT2D eigenvalue weighted by molar-refractivity contribution is 5.85. The summed E-state index contributed by atoms with van der Waals surface area (Å²) in [6.07, 6.45) is 4.08. The first-order chi connectivity index (χ1) is 14.5. The number of carbonyl (C=O) groups excluding carboxylic acids is 1. The number of amides is 1. The summed E-state index contributed by atoms with van der Waals surface area (Å²) < 4.78 is 11.6. The number of hydrogen-bond acceptors (Lipinski definition) is 3. The molecule has 1 saturated heterocycles. The summed E-state index contributed by atoms with van der Waals surface area (Å²) in [7, 11) is 0. The summed E-state index contributed by atoms with van der Waals surface area (Å²) in [5, 5.41) is 2.22. The second-order valence-electron chi connectivity index (χ2n) is 8.47. The Kier molecular flexibility index (Phi) is 4.42. The van der Waals surface area contributed by atoms with Crippen LogP contribution in [0.4, 0.5) is 4.79 Å². The fourth-order valence-electron chi connectivity index (χ4n) is 4.31. The van der Waals surface area contributed by atoms with Crippen molar-refractivity contribution in [2.75, 3.05) is 13.2 Å². The molecular weight excluding hydrogens is 378 g/mol. The first-order valence-electron chi connectivity index (χ1n) is 10.2. The number of aromatic amines is 2. The van der Waals surface area contributed by atoms with Crippen molar-refractivity contribution in [1.29, 1.82) is 0 Å². The number of nitrogens with one attached hydrogen (secondary N) is 2. The Morgan fingerprint density at radius 1 is 1.07 bits per heavy atom. The van der Waals surface area contributed by atoms with Gasteiger partial charge in [0.15, 0.2) is 6.10 Å². The number of nitrogens with zero attached hydrogens (tertiary/aromatic N) is 1. The van der Waals surface area contributed by atoms with Gasteiger partial charge in [0, 0.05) is 39.7 Å². The van der Waals surface area contributed by atoms with Gasteiger partial charge in [-0.05, 0) is 50.1 Å². The van der Waals surface area contributed by atoms with Gasteiger partial charge in [-0.2, -0.15) is 0 Å². The van der Waals surface area contributed by atoms with E-state index in [-0.39, 0.29) is 17.7 Å². The molecule has 2 aromatic carbocycles. The van der Waals surface area contributed by atoms with Crippen molar-refractivity contribution in [3.05, 3.63) is 66.5 Å². The minimum absolute atomic E-state index is 0.284. The van der Waals surface area contributed by atoms with Gasteiger partial charge in [-0.3, -0.25) is 4.90 Å². The lowest BCUT2D eigenvalue weighted by Crippen LogP contribution is -2.46. The minimum Gasteiger partial charge on any atom is -0.489 e. The van der Waals surface area contributed by atoms with Crippen molar-refractivity contribution in [3.63, 3.8) is 0 Å². The van der Waals surface area contributed by atoms with Gasteiger partial charge in [0.2, 0.25) is 0 Å². The topological polar surface area (TPSA) is 70.3 Å². The lowest BCUT2D eigenvalue weighted by Gasteiger charge is -2.33. The second kappa shape index (κ2) is 7.13. The highest BCUT2D eigenvalue weighted by Gasteiger charge is 2.41. The molecule has 0 bridgehead atoms. The molecule has 0 aliphatic carbocycles. The predicted octanol–water partition coefficient (Wildman–Crippen LogP) is 4.87. The molecule has 5 rings (SSSR count). The van der Waals surface area contributed by atoms with E-state index in [1.165, 1.54) is 10.9 Å². The molecule has 1 amide bonds. The molecule has 6 heteroatoms. The Bertz CT molecular complexity index is 1210. The molecule has 2 aromatic heterocycles. The van der Waals surface area contributed by atoms with E-state index in [4.69, 9.17) is 9.47 Å². The maximum absolute atomic E-state index is 12.6. The summed E-state index contributed by atoms with van der Waals surface area (Å²) in [5.74, 6) is 0.793. The van der Waals surface area contributed by atoms with Gasteiger partial charge >= 0.3 is 6.09 Å². The van der Waals surface area contributed by atoms with E-state index in [9.17, 15) is 4.79 Å². The molecule has 0 saturated carbocycles. The summed E-state index contributed by atoms with van der Waals surface area (Å²) >= 11 is 0. The number of para-hydroxylation sites is 1. The zero-order valence-corrected chi connectivity index (χ0v) is 17.1. The smallest absolute Gasteiger partial charge is 0.410 e. The predicted molar refractivity (Wildman–Crippen MR) is 117 cm³/mol. The maximum atomic E-state index is 12.6. The minimum atomic E-state index is -0.378. The maximum Gasteiger partial charge on any atom is 0.410 e. The number of cyclic esters (lactones) is 1. The Balaban J connectivity index is 1.27. The van der Waals surface area contributed by atoms with Gasteiger partial charge in [0.05, 0.1) is 6.54 Å². The van der Waals surface area contributed by atoms with Crippen molar-refractivity contribution in [1.82, 2.24) is 14.9 Å². The van der Waals surface area contributed by atoms with Gasteiger partial charge in [-0.1, -0.05) is 24.3 Å². The first-order valence-corrected chi connectivity index (χ1v) is 10.2. The van der Waals surface area contributed by atoms with E-state index in [0.29, 0.717) is 13.2 Å². The van der Waals surface area contributed by atoms with Crippen LogP contribution in [0.25, 0.3) is 21.8 Å². The van der Waals surface area contributed by atoms with E-state index in [1.54, 1.807) is 0 Å². The lowest BCUT2D eigenvalue weighted by molar-refractivity contribution is 0.0986. The molecule has 3 heterocycles. The van der Waals surface area contributed by atoms with Crippen molar-refractivity contribution in [2.24, 2.45) is 0 Å². The molecule has 4 aromatic rings.